The lowest BCUT2D eigenvalue weighted by Crippen LogP contribution is -2.05. The molecule has 2 heterocycles. The molecule has 2 aromatic heterocycles. The molecular weight excluding hydrogens is 286 g/mol. The number of hydrogen-bond acceptors (Lipinski definition) is 3. The van der Waals surface area contributed by atoms with E-state index in [1.165, 1.54) is 24.1 Å². The van der Waals surface area contributed by atoms with Crippen molar-refractivity contribution >= 4 is 18.2 Å². The van der Waals surface area contributed by atoms with Crippen LogP contribution in [0.1, 0.15) is 43.9 Å². The number of nitrogens with one attached hydrogen (secondary N) is 1. The van der Waals surface area contributed by atoms with E-state index in [-0.39, 0.29) is 12.4 Å². The van der Waals surface area contributed by atoms with Crippen LogP contribution < -0.4 is 5.32 Å². The van der Waals surface area contributed by atoms with E-state index in [4.69, 9.17) is 0 Å². The van der Waals surface area contributed by atoms with E-state index in [1.54, 1.807) is 0 Å². The summed E-state index contributed by atoms with van der Waals surface area (Å²) in [5, 5.41) is 12.4. The molecule has 2 aromatic rings. The Hall–Kier alpha value is -1.49. The lowest BCUT2D eigenvalue weighted by Gasteiger charge is -2.05. The first-order valence-electron chi connectivity index (χ1n) is 7.41. The number of rotatable bonds is 6. The van der Waals surface area contributed by atoms with Crippen molar-refractivity contribution in [1.29, 1.82) is 0 Å². The summed E-state index contributed by atoms with van der Waals surface area (Å²) in [7, 11) is 2.00. The van der Waals surface area contributed by atoms with Gasteiger partial charge in [-0.1, -0.05) is 13.8 Å². The van der Waals surface area contributed by atoms with Gasteiger partial charge in [0.25, 0.3) is 0 Å². The summed E-state index contributed by atoms with van der Waals surface area (Å²) in [5.74, 6) is 2.41. The molecular formula is C15H24ClN5. The predicted molar refractivity (Wildman–Crippen MR) is 86.8 cm³/mol. The molecule has 0 radical (unpaired) electrons. The third kappa shape index (κ3) is 4.00. The topological polar surface area (TPSA) is 47.7 Å². The number of nitrogens with zero attached hydrogens (tertiary/aromatic N) is 4. The van der Waals surface area contributed by atoms with E-state index in [0.29, 0.717) is 11.8 Å². The summed E-state index contributed by atoms with van der Waals surface area (Å²) in [6.45, 7) is 6.17. The Morgan fingerprint density at radius 1 is 1.38 bits per heavy atom. The molecule has 21 heavy (non-hydrogen) atoms. The van der Waals surface area contributed by atoms with Crippen LogP contribution in [0.25, 0.3) is 0 Å². The minimum atomic E-state index is 0. The largest absolute Gasteiger partial charge is 0.366 e. The minimum absolute atomic E-state index is 0. The van der Waals surface area contributed by atoms with Crippen molar-refractivity contribution in [3.63, 3.8) is 0 Å². The average Bonchev–Trinajstić information content (AvgIpc) is 3.04. The highest BCUT2D eigenvalue weighted by molar-refractivity contribution is 5.85. The predicted octanol–water partition coefficient (Wildman–Crippen LogP) is 3.18. The van der Waals surface area contributed by atoms with Crippen LogP contribution in [0.2, 0.25) is 0 Å². The number of aryl methyl sites for hydroxylation is 1. The quantitative estimate of drug-likeness (QED) is 0.891. The van der Waals surface area contributed by atoms with Gasteiger partial charge in [-0.3, -0.25) is 9.36 Å². The van der Waals surface area contributed by atoms with Gasteiger partial charge in [-0.05, 0) is 18.8 Å². The first kappa shape index (κ1) is 15.9. The van der Waals surface area contributed by atoms with Gasteiger partial charge in [0.2, 0.25) is 0 Å². The molecule has 1 N–H and O–H groups in total. The van der Waals surface area contributed by atoms with Crippen LogP contribution in [-0.2, 0) is 20.1 Å². The van der Waals surface area contributed by atoms with Gasteiger partial charge in [-0.25, -0.2) is 0 Å². The minimum Gasteiger partial charge on any atom is -0.366 e. The zero-order valence-electron chi connectivity index (χ0n) is 12.9. The first-order valence-corrected chi connectivity index (χ1v) is 7.41. The fourth-order valence-corrected chi connectivity index (χ4v) is 2.40. The van der Waals surface area contributed by atoms with Crippen LogP contribution in [0.4, 0.5) is 5.82 Å². The second-order valence-corrected chi connectivity index (χ2v) is 6.17. The summed E-state index contributed by atoms with van der Waals surface area (Å²) in [6, 6.07) is 2.18. The van der Waals surface area contributed by atoms with Crippen LogP contribution in [0.3, 0.4) is 0 Å². The van der Waals surface area contributed by atoms with Crippen LogP contribution in [0, 0.1) is 5.92 Å². The second-order valence-electron chi connectivity index (χ2n) is 6.17. The van der Waals surface area contributed by atoms with Gasteiger partial charge in [0.15, 0.2) is 0 Å². The van der Waals surface area contributed by atoms with Gasteiger partial charge in [-0.15, -0.1) is 12.4 Å². The molecule has 1 aliphatic carbocycles. The maximum atomic E-state index is 4.56. The highest BCUT2D eigenvalue weighted by Gasteiger charge is 2.26. The summed E-state index contributed by atoms with van der Waals surface area (Å²) in [6.07, 6.45) is 6.63. The van der Waals surface area contributed by atoms with Gasteiger partial charge in [0, 0.05) is 43.9 Å². The molecule has 0 unspecified atom stereocenters. The molecule has 0 saturated heterocycles. The van der Waals surface area contributed by atoms with E-state index >= 15 is 0 Å². The van der Waals surface area contributed by atoms with Crippen molar-refractivity contribution in [2.75, 3.05) is 5.32 Å². The van der Waals surface area contributed by atoms with Crippen molar-refractivity contribution in [3.05, 3.63) is 29.7 Å². The van der Waals surface area contributed by atoms with Crippen molar-refractivity contribution < 1.29 is 0 Å². The van der Waals surface area contributed by atoms with Gasteiger partial charge >= 0.3 is 0 Å². The van der Waals surface area contributed by atoms with Crippen LogP contribution in [-0.4, -0.2) is 19.6 Å². The third-order valence-corrected chi connectivity index (χ3v) is 3.61. The second kappa shape index (κ2) is 6.52. The smallest absolute Gasteiger partial charge is 0.124 e. The number of aromatic nitrogens is 4. The van der Waals surface area contributed by atoms with E-state index in [0.717, 1.165) is 18.9 Å². The zero-order chi connectivity index (χ0) is 14.1. The van der Waals surface area contributed by atoms with Crippen molar-refractivity contribution in [2.45, 2.75) is 45.7 Å². The lowest BCUT2D eigenvalue weighted by atomic mass is 10.2. The highest BCUT2D eigenvalue weighted by Crippen LogP contribution is 2.39. The third-order valence-electron chi connectivity index (χ3n) is 3.61. The highest BCUT2D eigenvalue weighted by atomic mass is 35.5. The normalized spacial score (nSPS) is 14.3. The van der Waals surface area contributed by atoms with Crippen molar-refractivity contribution in [1.82, 2.24) is 19.6 Å². The Balaban J connectivity index is 0.00000161. The van der Waals surface area contributed by atoms with Gasteiger partial charge in [0.05, 0.1) is 11.9 Å². The summed E-state index contributed by atoms with van der Waals surface area (Å²) in [5.41, 5.74) is 2.44. The van der Waals surface area contributed by atoms with Gasteiger partial charge in [0.1, 0.15) is 5.82 Å². The monoisotopic (exact) mass is 309 g/mol. The average molecular weight is 310 g/mol. The summed E-state index contributed by atoms with van der Waals surface area (Å²) in [4.78, 5) is 0. The van der Waals surface area contributed by atoms with E-state index < -0.39 is 0 Å². The Bertz CT molecular complexity index is 583. The van der Waals surface area contributed by atoms with E-state index in [2.05, 4.69) is 41.6 Å². The molecule has 0 atom stereocenters. The molecule has 116 valence electrons. The SMILES string of the molecule is CC(C)Cn1cc(CNc2cc(C3CC3)nn2C)cn1.Cl. The van der Waals surface area contributed by atoms with E-state index in [1.807, 2.05) is 22.6 Å². The molecule has 0 spiro atoms. The standard InChI is InChI=1S/C15H23N5.ClH/c1-11(2)9-20-10-12(8-17-20)7-16-15-6-14(13-4-5-13)18-19(15)3;/h6,8,10-11,13,16H,4-5,7,9H2,1-3H3;1H. The molecule has 0 aliphatic heterocycles. The van der Waals surface area contributed by atoms with Gasteiger partial charge < -0.3 is 5.32 Å². The molecule has 0 amide bonds. The summed E-state index contributed by atoms with van der Waals surface area (Å²) >= 11 is 0. The van der Waals surface area contributed by atoms with Crippen LogP contribution in [0.15, 0.2) is 18.5 Å². The fraction of sp³-hybridized carbons (Fsp3) is 0.600. The molecule has 0 aromatic carbocycles. The molecule has 1 aliphatic rings. The van der Waals surface area contributed by atoms with E-state index in [9.17, 15) is 0 Å². The van der Waals surface area contributed by atoms with Crippen molar-refractivity contribution in [3.8, 4) is 0 Å². The fourth-order valence-electron chi connectivity index (χ4n) is 2.40. The Morgan fingerprint density at radius 3 is 2.81 bits per heavy atom. The molecule has 6 heteroatoms. The van der Waals surface area contributed by atoms with Crippen molar-refractivity contribution in [2.24, 2.45) is 13.0 Å². The number of halogens is 1. The molecule has 1 saturated carbocycles. The Labute approximate surface area is 132 Å². The van der Waals surface area contributed by atoms with Gasteiger partial charge in [-0.2, -0.15) is 10.2 Å². The molecule has 3 rings (SSSR count). The molecule has 0 bridgehead atoms. The first-order chi connectivity index (χ1) is 9.61. The summed E-state index contributed by atoms with van der Waals surface area (Å²) < 4.78 is 3.95. The lowest BCUT2D eigenvalue weighted by molar-refractivity contribution is 0.483. The molecule has 1 fully saturated rings. The maximum Gasteiger partial charge on any atom is 0.124 e. The molecule has 5 nitrogen and oxygen atoms in total. The Kier molecular flexibility index (Phi) is 4.93. The maximum absolute atomic E-state index is 4.56. The Morgan fingerprint density at radius 2 is 2.14 bits per heavy atom. The number of hydrogen-bond donors (Lipinski definition) is 1. The zero-order valence-corrected chi connectivity index (χ0v) is 13.7. The van der Waals surface area contributed by atoms with Crippen LogP contribution in [0.5, 0.6) is 0 Å². The van der Waals surface area contributed by atoms with Crippen LogP contribution >= 0.6 is 12.4 Å². The number of anilines is 1.